The van der Waals surface area contributed by atoms with Gasteiger partial charge < -0.3 is 0 Å². The molecule has 1 atom stereocenters. The van der Waals surface area contributed by atoms with E-state index in [1.165, 1.54) is 6.42 Å². The second kappa shape index (κ2) is 5.78. The Morgan fingerprint density at radius 2 is 1.91 bits per heavy atom. The molecule has 0 aliphatic carbocycles. The van der Waals surface area contributed by atoms with Crippen LogP contribution in [0.5, 0.6) is 0 Å². The zero-order valence-electron chi connectivity index (χ0n) is 13.7. The molecule has 1 unspecified atom stereocenters. The van der Waals surface area contributed by atoms with E-state index in [9.17, 15) is 0 Å². The molecule has 3 aromatic rings. The van der Waals surface area contributed by atoms with Crippen molar-refractivity contribution in [2.75, 3.05) is 6.54 Å². The Kier molecular flexibility index (Phi) is 3.62. The van der Waals surface area contributed by atoms with Crippen LogP contribution in [0.25, 0.3) is 16.9 Å². The number of hydrogen-bond acceptors (Lipinski definition) is 3. The molecule has 0 saturated carbocycles. The van der Waals surface area contributed by atoms with Crippen molar-refractivity contribution in [1.82, 2.24) is 19.4 Å². The van der Waals surface area contributed by atoms with Crippen LogP contribution in [0.15, 0.2) is 48.7 Å². The third-order valence-corrected chi connectivity index (χ3v) is 4.71. The minimum Gasteiger partial charge on any atom is -0.291 e. The lowest BCUT2D eigenvalue weighted by Gasteiger charge is -2.28. The molecule has 0 radical (unpaired) electrons. The van der Waals surface area contributed by atoms with Crippen LogP contribution in [0.1, 0.15) is 38.6 Å². The summed E-state index contributed by atoms with van der Waals surface area (Å²) in [7, 11) is 0. The van der Waals surface area contributed by atoms with Crippen molar-refractivity contribution in [2.24, 2.45) is 0 Å². The average Bonchev–Trinajstić information content (AvgIpc) is 3.20. The summed E-state index contributed by atoms with van der Waals surface area (Å²) < 4.78 is 2.24. The molecule has 0 bridgehead atoms. The number of nitrogens with zero attached hydrogens (tertiary/aromatic N) is 4. The predicted molar refractivity (Wildman–Crippen MR) is 92.7 cm³/mol. The average molecular weight is 306 g/mol. The van der Waals surface area contributed by atoms with E-state index >= 15 is 0 Å². The maximum Gasteiger partial charge on any atom is 0.164 e. The number of hydrogen-bond donors (Lipinski definition) is 0. The first-order valence-electron chi connectivity index (χ1n) is 8.40. The van der Waals surface area contributed by atoms with Gasteiger partial charge >= 0.3 is 0 Å². The monoisotopic (exact) mass is 306 g/mol. The molecule has 1 aromatic carbocycles. The Labute approximate surface area is 136 Å². The number of imidazole rings is 1. The molecule has 118 valence electrons. The van der Waals surface area contributed by atoms with Crippen LogP contribution < -0.4 is 0 Å². The molecule has 0 N–H and O–H groups in total. The van der Waals surface area contributed by atoms with Gasteiger partial charge in [-0.15, -0.1) is 0 Å². The van der Waals surface area contributed by atoms with Crippen molar-refractivity contribution in [3.8, 4) is 5.69 Å². The Hall–Kier alpha value is -2.20. The van der Waals surface area contributed by atoms with Gasteiger partial charge in [0.15, 0.2) is 5.65 Å². The summed E-state index contributed by atoms with van der Waals surface area (Å²) in [5.41, 5.74) is 3.06. The van der Waals surface area contributed by atoms with E-state index in [-0.39, 0.29) is 0 Å². The SMILES string of the molecule is CC(C)N1CCCC1c1nc2cccnc2n1-c1ccccc1. The highest BCUT2D eigenvalue weighted by molar-refractivity contribution is 5.74. The number of para-hydroxylation sites is 1. The highest BCUT2D eigenvalue weighted by Crippen LogP contribution is 2.35. The van der Waals surface area contributed by atoms with Crippen molar-refractivity contribution in [3.63, 3.8) is 0 Å². The van der Waals surface area contributed by atoms with Crippen LogP contribution in [0, 0.1) is 0 Å². The molecule has 2 aromatic heterocycles. The van der Waals surface area contributed by atoms with E-state index in [1.807, 2.05) is 18.3 Å². The molecule has 1 fully saturated rings. The molecule has 1 aliphatic rings. The third kappa shape index (κ3) is 2.43. The minimum atomic E-state index is 0.365. The summed E-state index contributed by atoms with van der Waals surface area (Å²) in [6, 6.07) is 15.4. The van der Waals surface area contributed by atoms with Gasteiger partial charge in [-0.25, -0.2) is 9.97 Å². The second-order valence-corrected chi connectivity index (χ2v) is 6.48. The number of fused-ring (bicyclic) bond motifs is 1. The van der Waals surface area contributed by atoms with Crippen LogP contribution >= 0.6 is 0 Å². The fourth-order valence-corrected chi connectivity index (χ4v) is 3.67. The Morgan fingerprint density at radius 3 is 2.70 bits per heavy atom. The van der Waals surface area contributed by atoms with Gasteiger partial charge in [0.05, 0.1) is 6.04 Å². The van der Waals surface area contributed by atoms with Crippen molar-refractivity contribution >= 4 is 11.2 Å². The number of benzene rings is 1. The van der Waals surface area contributed by atoms with Crippen molar-refractivity contribution in [1.29, 1.82) is 0 Å². The first-order valence-corrected chi connectivity index (χ1v) is 8.40. The second-order valence-electron chi connectivity index (χ2n) is 6.48. The summed E-state index contributed by atoms with van der Waals surface area (Å²) in [6.45, 7) is 5.69. The fraction of sp³-hybridized carbons (Fsp3) is 0.368. The lowest BCUT2D eigenvalue weighted by molar-refractivity contribution is 0.197. The quantitative estimate of drug-likeness (QED) is 0.734. The van der Waals surface area contributed by atoms with Gasteiger partial charge in [0.2, 0.25) is 0 Å². The molecule has 3 heterocycles. The maximum atomic E-state index is 4.96. The minimum absolute atomic E-state index is 0.365. The summed E-state index contributed by atoms with van der Waals surface area (Å²) >= 11 is 0. The van der Waals surface area contributed by atoms with E-state index in [1.54, 1.807) is 0 Å². The largest absolute Gasteiger partial charge is 0.291 e. The molecule has 0 spiro atoms. The molecule has 1 aliphatic heterocycles. The topological polar surface area (TPSA) is 34.0 Å². The Balaban J connectivity index is 1.93. The summed E-state index contributed by atoms with van der Waals surface area (Å²) in [4.78, 5) is 12.1. The highest BCUT2D eigenvalue weighted by atomic mass is 15.3. The molecule has 0 amide bonds. The van der Waals surface area contributed by atoms with E-state index in [0.29, 0.717) is 12.1 Å². The Bertz CT molecular complexity index is 807. The van der Waals surface area contributed by atoms with Gasteiger partial charge in [-0.3, -0.25) is 9.47 Å². The first kappa shape index (κ1) is 14.4. The first-order chi connectivity index (χ1) is 11.3. The standard InChI is InChI=1S/C19H22N4/c1-14(2)22-13-7-11-17(22)19-21-16-10-6-12-20-18(16)23(19)15-8-4-3-5-9-15/h3-6,8-10,12,14,17H,7,11,13H2,1-2H3. The smallest absolute Gasteiger partial charge is 0.164 e. The number of likely N-dealkylation sites (tertiary alicyclic amines) is 1. The lowest BCUT2D eigenvalue weighted by Crippen LogP contribution is -2.31. The molecular formula is C19H22N4. The Morgan fingerprint density at radius 1 is 1.09 bits per heavy atom. The molecule has 4 rings (SSSR count). The van der Waals surface area contributed by atoms with Crippen molar-refractivity contribution in [3.05, 3.63) is 54.5 Å². The normalized spacial score (nSPS) is 19.0. The number of pyridine rings is 1. The van der Waals surface area contributed by atoms with E-state index in [4.69, 9.17) is 4.98 Å². The van der Waals surface area contributed by atoms with Crippen molar-refractivity contribution in [2.45, 2.75) is 38.8 Å². The van der Waals surface area contributed by atoms with Crippen molar-refractivity contribution < 1.29 is 0 Å². The van der Waals surface area contributed by atoms with Gasteiger partial charge in [-0.2, -0.15) is 0 Å². The third-order valence-electron chi connectivity index (χ3n) is 4.71. The molecular weight excluding hydrogens is 284 g/mol. The summed E-state index contributed by atoms with van der Waals surface area (Å²) in [5, 5.41) is 0. The van der Waals surface area contributed by atoms with Crippen LogP contribution in [-0.2, 0) is 0 Å². The van der Waals surface area contributed by atoms with Gasteiger partial charge in [0.1, 0.15) is 11.3 Å². The van der Waals surface area contributed by atoms with Gasteiger partial charge in [0, 0.05) is 17.9 Å². The molecule has 4 heteroatoms. The van der Waals surface area contributed by atoms with Gasteiger partial charge in [-0.05, 0) is 57.5 Å². The zero-order chi connectivity index (χ0) is 15.8. The van der Waals surface area contributed by atoms with E-state index in [0.717, 1.165) is 35.6 Å². The number of aromatic nitrogens is 3. The van der Waals surface area contributed by atoms with Gasteiger partial charge in [-0.1, -0.05) is 18.2 Å². The molecule has 23 heavy (non-hydrogen) atoms. The van der Waals surface area contributed by atoms with Crippen LogP contribution in [0.4, 0.5) is 0 Å². The van der Waals surface area contributed by atoms with Crippen LogP contribution in [0.3, 0.4) is 0 Å². The highest BCUT2D eigenvalue weighted by Gasteiger charge is 2.32. The summed E-state index contributed by atoms with van der Waals surface area (Å²) in [6.07, 6.45) is 4.24. The zero-order valence-corrected chi connectivity index (χ0v) is 13.7. The van der Waals surface area contributed by atoms with E-state index < -0.39 is 0 Å². The van der Waals surface area contributed by atoms with Crippen LogP contribution in [0.2, 0.25) is 0 Å². The summed E-state index contributed by atoms with van der Waals surface area (Å²) in [5.74, 6) is 1.12. The fourth-order valence-electron chi connectivity index (χ4n) is 3.67. The number of rotatable bonds is 3. The maximum absolute atomic E-state index is 4.96. The lowest BCUT2D eigenvalue weighted by atomic mass is 10.2. The molecule has 1 saturated heterocycles. The predicted octanol–water partition coefficient (Wildman–Crippen LogP) is 3.97. The molecule has 4 nitrogen and oxygen atoms in total. The van der Waals surface area contributed by atoms with Crippen LogP contribution in [-0.4, -0.2) is 32.0 Å². The van der Waals surface area contributed by atoms with E-state index in [2.05, 4.69) is 58.6 Å². The van der Waals surface area contributed by atoms with Gasteiger partial charge in [0.25, 0.3) is 0 Å².